The third-order valence-electron chi connectivity index (χ3n) is 3.53. The zero-order chi connectivity index (χ0) is 13.2. The van der Waals surface area contributed by atoms with Gasteiger partial charge in [0.15, 0.2) is 0 Å². The van der Waals surface area contributed by atoms with E-state index in [1.807, 2.05) is 0 Å². The average Bonchev–Trinajstić information content (AvgIpc) is 2.27. The fourth-order valence-corrected chi connectivity index (χ4v) is 2.14. The molecule has 1 rings (SSSR count). The number of carbonyl (C=O) groups is 2. The average molecular weight is 242 g/mol. The van der Waals surface area contributed by atoms with Crippen LogP contribution in [0.15, 0.2) is 0 Å². The second kappa shape index (κ2) is 5.04. The molecule has 1 aliphatic heterocycles. The number of likely N-dealkylation sites (N-methyl/N-ethyl adjacent to an activating group) is 1. The highest BCUT2D eigenvalue weighted by molar-refractivity contribution is 6.01. The van der Waals surface area contributed by atoms with Gasteiger partial charge < -0.3 is 10.0 Å². The van der Waals surface area contributed by atoms with Gasteiger partial charge in [-0.3, -0.25) is 14.5 Å². The van der Waals surface area contributed by atoms with Crippen LogP contribution in [-0.2, 0) is 9.59 Å². The minimum absolute atomic E-state index is 0.285. The summed E-state index contributed by atoms with van der Waals surface area (Å²) in [4.78, 5) is 27.1. The van der Waals surface area contributed by atoms with Crippen molar-refractivity contribution in [1.29, 1.82) is 0 Å². The lowest BCUT2D eigenvalue weighted by molar-refractivity contribution is -0.159. The maximum atomic E-state index is 12.1. The highest BCUT2D eigenvalue weighted by Crippen LogP contribution is 2.21. The molecule has 0 aromatic rings. The molecule has 1 fully saturated rings. The molecule has 5 nitrogen and oxygen atoms in total. The van der Waals surface area contributed by atoms with Crippen LogP contribution < -0.4 is 0 Å². The first-order valence-electron chi connectivity index (χ1n) is 6.07. The summed E-state index contributed by atoms with van der Waals surface area (Å²) in [5.41, 5.74) is -1.33. The number of hydrogen-bond donors (Lipinski definition) is 1. The topological polar surface area (TPSA) is 60.9 Å². The fourth-order valence-electron chi connectivity index (χ4n) is 2.14. The molecule has 0 aromatic heterocycles. The molecular formula is C12H22N2O3. The Bertz CT molecular complexity index is 315. The molecule has 1 amide bonds. The lowest BCUT2D eigenvalue weighted by atomic mass is 9.91. The number of carboxylic acids is 1. The molecule has 1 atom stereocenters. The molecule has 1 saturated heterocycles. The number of nitrogens with zero attached hydrogens (tertiary/aromatic N) is 2. The van der Waals surface area contributed by atoms with Crippen molar-refractivity contribution in [1.82, 2.24) is 9.80 Å². The van der Waals surface area contributed by atoms with Gasteiger partial charge in [-0.15, -0.1) is 0 Å². The molecule has 0 aromatic carbocycles. The van der Waals surface area contributed by atoms with E-state index in [9.17, 15) is 9.59 Å². The molecular weight excluding hydrogens is 220 g/mol. The predicted molar refractivity (Wildman–Crippen MR) is 64.7 cm³/mol. The third kappa shape index (κ3) is 2.77. The van der Waals surface area contributed by atoms with Crippen molar-refractivity contribution in [3.8, 4) is 0 Å². The van der Waals surface area contributed by atoms with Gasteiger partial charge in [0.2, 0.25) is 5.91 Å². The second-order valence-electron chi connectivity index (χ2n) is 5.16. The Morgan fingerprint density at radius 1 is 1.35 bits per heavy atom. The van der Waals surface area contributed by atoms with E-state index in [1.165, 1.54) is 13.8 Å². The van der Waals surface area contributed by atoms with Gasteiger partial charge in [-0.25, -0.2) is 0 Å². The van der Waals surface area contributed by atoms with E-state index < -0.39 is 11.4 Å². The Kier molecular flexibility index (Phi) is 4.14. The van der Waals surface area contributed by atoms with Crippen molar-refractivity contribution in [3.05, 3.63) is 0 Å². The minimum Gasteiger partial charge on any atom is -0.480 e. The van der Waals surface area contributed by atoms with Gasteiger partial charge in [-0.2, -0.15) is 0 Å². The van der Waals surface area contributed by atoms with Gasteiger partial charge in [0.1, 0.15) is 5.41 Å². The molecule has 0 bridgehead atoms. The first kappa shape index (κ1) is 14.0. The van der Waals surface area contributed by atoms with E-state index in [0.29, 0.717) is 19.1 Å². The standard InChI is InChI=1S/C12H22N2O3/c1-5-13-6-7-14(8-9(13)2)10(15)12(3,4)11(16)17/h9H,5-8H2,1-4H3,(H,16,17). The van der Waals surface area contributed by atoms with E-state index in [4.69, 9.17) is 5.11 Å². The van der Waals surface area contributed by atoms with Gasteiger partial charge >= 0.3 is 5.97 Å². The maximum absolute atomic E-state index is 12.1. The highest BCUT2D eigenvalue weighted by atomic mass is 16.4. The summed E-state index contributed by atoms with van der Waals surface area (Å²) < 4.78 is 0. The summed E-state index contributed by atoms with van der Waals surface area (Å²) in [7, 11) is 0. The molecule has 0 saturated carbocycles. The Balaban J connectivity index is 2.70. The van der Waals surface area contributed by atoms with Crippen LogP contribution in [0.5, 0.6) is 0 Å². The SMILES string of the molecule is CCN1CCN(C(=O)C(C)(C)C(=O)O)CC1C. The highest BCUT2D eigenvalue weighted by Gasteiger charge is 2.40. The number of piperazine rings is 1. The van der Waals surface area contributed by atoms with Gasteiger partial charge in [-0.1, -0.05) is 6.92 Å². The smallest absolute Gasteiger partial charge is 0.318 e. The van der Waals surface area contributed by atoms with Crippen LogP contribution in [-0.4, -0.2) is 59.0 Å². The first-order valence-corrected chi connectivity index (χ1v) is 6.07. The zero-order valence-electron chi connectivity index (χ0n) is 11.1. The van der Waals surface area contributed by atoms with Crippen LogP contribution in [0.4, 0.5) is 0 Å². The number of amides is 1. The normalized spacial score (nSPS) is 22.6. The van der Waals surface area contributed by atoms with Crippen LogP contribution in [0.2, 0.25) is 0 Å². The van der Waals surface area contributed by atoms with Crippen molar-refractivity contribution >= 4 is 11.9 Å². The van der Waals surface area contributed by atoms with Crippen LogP contribution in [0.3, 0.4) is 0 Å². The van der Waals surface area contributed by atoms with Gasteiger partial charge in [0, 0.05) is 25.7 Å². The molecule has 1 N–H and O–H groups in total. The molecule has 0 radical (unpaired) electrons. The molecule has 98 valence electrons. The monoisotopic (exact) mass is 242 g/mol. The molecule has 17 heavy (non-hydrogen) atoms. The lowest BCUT2D eigenvalue weighted by Gasteiger charge is -2.41. The lowest BCUT2D eigenvalue weighted by Crippen LogP contribution is -2.56. The summed E-state index contributed by atoms with van der Waals surface area (Å²) in [6.45, 7) is 10.1. The number of hydrogen-bond acceptors (Lipinski definition) is 3. The van der Waals surface area contributed by atoms with Crippen molar-refractivity contribution in [2.24, 2.45) is 5.41 Å². The van der Waals surface area contributed by atoms with Gasteiger partial charge in [-0.05, 0) is 27.3 Å². The predicted octanol–water partition coefficient (Wildman–Crippen LogP) is 0.650. The van der Waals surface area contributed by atoms with Crippen LogP contribution in [0.25, 0.3) is 0 Å². The quantitative estimate of drug-likeness (QED) is 0.738. The number of carbonyl (C=O) groups excluding carboxylic acids is 1. The van der Waals surface area contributed by atoms with Gasteiger partial charge in [0.25, 0.3) is 0 Å². The van der Waals surface area contributed by atoms with Crippen molar-refractivity contribution in [3.63, 3.8) is 0 Å². The van der Waals surface area contributed by atoms with E-state index in [-0.39, 0.29) is 5.91 Å². The molecule has 1 aliphatic rings. The van der Waals surface area contributed by atoms with Crippen molar-refractivity contribution < 1.29 is 14.7 Å². The third-order valence-corrected chi connectivity index (χ3v) is 3.53. The van der Waals surface area contributed by atoms with Crippen LogP contribution in [0, 0.1) is 5.41 Å². The minimum atomic E-state index is -1.33. The molecule has 5 heteroatoms. The fraction of sp³-hybridized carbons (Fsp3) is 0.833. The molecule has 0 aliphatic carbocycles. The Morgan fingerprint density at radius 2 is 1.94 bits per heavy atom. The van der Waals surface area contributed by atoms with E-state index in [1.54, 1.807) is 4.90 Å². The van der Waals surface area contributed by atoms with Crippen LogP contribution in [0.1, 0.15) is 27.7 Å². The summed E-state index contributed by atoms with van der Waals surface area (Å²) >= 11 is 0. The maximum Gasteiger partial charge on any atom is 0.318 e. The molecule has 0 spiro atoms. The first-order chi connectivity index (χ1) is 7.80. The Hall–Kier alpha value is -1.10. The molecule has 1 unspecified atom stereocenters. The zero-order valence-corrected chi connectivity index (χ0v) is 11.1. The van der Waals surface area contributed by atoms with E-state index >= 15 is 0 Å². The van der Waals surface area contributed by atoms with Crippen molar-refractivity contribution in [2.45, 2.75) is 33.7 Å². The molecule has 1 heterocycles. The van der Waals surface area contributed by atoms with Crippen molar-refractivity contribution in [2.75, 3.05) is 26.2 Å². The largest absolute Gasteiger partial charge is 0.480 e. The summed E-state index contributed by atoms with van der Waals surface area (Å²) in [5, 5.41) is 9.05. The Morgan fingerprint density at radius 3 is 2.35 bits per heavy atom. The Labute approximate surface area is 102 Å². The summed E-state index contributed by atoms with van der Waals surface area (Å²) in [5.74, 6) is -1.35. The van der Waals surface area contributed by atoms with Gasteiger partial charge in [0.05, 0.1) is 0 Å². The summed E-state index contributed by atoms with van der Waals surface area (Å²) in [6.07, 6.45) is 0. The van der Waals surface area contributed by atoms with E-state index in [0.717, 1.165) is 13.1 Å². The number of aliphatic carboxylic acids is 1. The number of rotatable bonds is 3. The van der Waals surface area contributed by atoms with E-state index in [2.05, 4.69) is 18.7 Å². The number of carboxylic acid groups (broad SMARTS) is 1. The van der Waals surface area contributed by atoms with Crippen LogP contribution >= 0.6 is 0 Å². The summed E-state index contributed by atoms with van der Waals surface area (Å²) in [6, 6.07) is 0.294. The second-order valence-corrected chi connectivity index (χ2v) is 5.16.